The van der Waals surface area contributed by atoms with E-state index in [0.717, 1.165) is 5.56 Å². The van der Waals surface area contributed by atoms with Gasteiger partial charge in [-0.05, 0) is 19.4 Å². The van der Waals surface area contributed by atoms with Gasteiger partial charge < -0.3 is 19.3 Å². The number of hydrogen-bond acceptors (Lipinski definition) is 5. The highest BCUT2D eigenvalue weighted by Gasteiger charge is 2.36. The van der Waals surface area contributed by atoms with E-state index in [1.54, 1.807) is 6.08 Å². The Morgan fingerprint density at radius 3 is 2.47 bits per heavy atom. The topological polar surface area (TPSA) is 65.0 Å². The molecule has 0 bridgehead atoms. The summed E-state index contributed by atoms with van der Waals surface area (Å²) in [5.41, 5.74) is 1.13. The summed E-state index contributed by atoms with van der Waals surface area (Å²) in [6.45, 7) is 10.0. The largest absolute Gasteiger partial charge is 0.466 e. The first kappa shape index (κ1) is 26.0. The van der Waals surface area contributed by atoms with Gasteiger partial charge in [-0.1, -0.05) is 81.5 Å². The number of hydrogen-bond donors (Lipinski definition) is 1. The van der Waals surface area contributed by atoms with Gasteiger partial charge in [0.05, 0.1) is 25.4 Å². The second kappa shape index (κ2) is 12.1. The molecule has 0 unspecified atom stereocenters. The molecule has 1 fully saturated rings. The Balaban J connectivity index is 1.99. The minimum absolute atomic E-state index is 0.0148. The van der Waals surface area contributed by atoms with E-state index in [0.29, 0.717) is 6.42 Å². The van der Waals surface area contributed by atoms with Gasteiger partial charge >= 0.3 is 5.97 Å². The van der Waals surface area contributed by atoms with Crippen LogP contribution in [0.15, 0.2) is 66.8 Å². The van der Waals surface area contributed by atoms with Crippen LogP contribution in [0.2, 0.25) is 0 Å². The maximum Gasteiger partial charge on any atom is 0.330 e. The summed E-state index contributed by atoms with van der Waals surface area (Å²) in [5.74, 6) is -0.926. The van der Waals surface area contributed by atoms with Crippen molar-refractivity contribution in [2.45, 2.75) is 71.1 Å². The van der Waals surface area contributed by atoms with Crippen LogP contribution in [0.1, 0.15) is 52.5 Å². The number of benzene rings is 1. The first-order valence-corrected chi connectivity index (χ1v) is 11.3. The number of esters is 1. The minimum Gasteiger partial charge on any atom is -0.466 e. The predicted octanol–water partition coefficient (Wildman–Crippen LogP) is 5.18. The van der Waals surface area contributed by atoms with Crippen LogP contribution in [0.4, 0.5) is 0 Å². The van der Waals surface area contributed by atoms with Crippen molar-refractivity contribution in [3.63, 3.8) is 0 Å². The van der Waals surface area contributed by atoms with Crippen LogP contribution in [0.3, 0.4) is 0 Å². The van der Waals surface area contributed by atoms with Gasteiger partial charge in [0.25, 0.3) is 0 Å². The van der Waals surface area contributed by atoms with E-state index in [1.165, 1.54) is 13.2 Å². The monoisotopic (exact) mass is 442 g/mol. The van der Waals surface area contributed by atoms with E-state index in [-0.39, 0.29) is 35.9 Å². The third-order valence-corrected chi connectivity index (χ3v) is 5.89. The molecule has 32 heavy (non-hydrogen) atoms. The van der Waals surface area contributed by atoms with Gasteiger partial charge in [-0.3, -0.25) is 0 Å². The number of rotatable bonds is 9. The fourth-order valence-corrected chi connectivity index (χ4v) is 3.91. The molecule has 0 aliphatic carbocycles. The van der Waals surface area contributed by atoms with E-state index < -0.39 is 11.9 Å². The average molecular weight is 443 g/mol. The normalized spacial score (nSPS) is 25.1. The van der Waals surface area contributed by atoms with Crippen molar-refractivity contribution >= 4 is 5.97 Å². The quantitative estimate of drug-likeness (QED) is 0.247. The number of methoxy groups -OCH3 is 1. The third-order valence-electron chi connectivity index (χ3n) is 5.89. The Kier molecular flexibility index (Phi) is 9.88. The van der Waals surface area contributed by atoms with Crippen LogP contribution in [-0.2, 0) is 19.0 Å². The van der Waals surface area contributed by atoms with Gasteiger partial charge in [0, 0.05) is 30.3 Å². The number of aliphatic hydroxyl groups excluding tert-OH is 1. The van der Waals surface area contributed by atoms with Crippen molar-refractivity contribution in [1.29, 1.82) is 0 Å². The molecule has 6 atom stereocenters. The lowest BCUT2D eigenvalue weighted by atomic mass is 9.87. The summed E-state index contributed by atoms with van der Waals surface area (Å²) in [4.78, 5) is 11.2. The summed E-state index contributed by atoms with van der Waals surface area (Å²) in [5, 5.41) is 10.8. The standard InChI is InChI=1S/C27H38O5/c1-19(12-10-11-15-25(28)30-6)24-18-23(31-27(4,5)32-24)17-16-20(2)26(29)21(3)22-13-8-7-9-14-22/h7-17,19-21,23-24,26,29H,18H2,1-6H3/b12-10+,15-11-,17-16-/t19-,20-,21+,23+,24+,26-/m1/s1. The number of ether oxygens (including phenoxy) is 3. The molecule has 0 radical (unpaired) electrons. The Morgan fingerprint density at radius 1 is 1.12 bits per heavy atom. The Morgan fingerprint density at radius 2 is 1.81 bits per heavy atom. The highest BCUT2D eigenvalue weighted by atomic mass is 16.7. The molecule has 1 N–H and O–H groups in total. The van der Waals surface area contributed by atoms with Gasteiger partial charge in [0.2, 0.25) is 0 Å². The smallest absolute Gasteiger partial charge is 0.330 e. The summed E-state index contributed by atoms with van der Waals surface area (Å²) in [7, 11) is 1.35. The second-order valence-electron chi connectivity index (χ2n) is 9.01. The van der Waals surface area contributed by atoms with Crippen molar-refractivity contribution < 1.29 is 24.1 Å². The van der Waals surface area contributed by atoms with E-state index in [4.69, 9.17) is 9.47 Å². The Bertz CT molecular complexity index is 796. The molecule has 0 spiro atoms. The molecule has 1 saturated heterocycles. The van der Waals surface area contributed by atoms with Crippen LogP contribution in [0, 0.1) is 11.8 Å². The lowest BCUT2D eigenvalue weighted by Crippen LogP contribution is -2.46. The maximum absolute atomic E-state index is 11.2. The van der Waals surface area contributed by atoms with E-state index >= 15 is 0 Å². The molecule has 0 aromatic heterocycles. The Hall–Kier alpha value is -2.21. The summed E-state index contributed by atoms with van der Waals surface area (Å²) in [6, 6.07) is 10.1. The van der Waals surface area contributed by atoms with Gasteiger partial charge in [-0.15, -0.1) is 0 Å². The van der Waals surface area contributed by atoms with Crippen molar-refractivity contribution in [2.75, 3.05) is 7.11 Å². The molecule has 0 saturated carbocycles. The van der Waals surface area contributed by atoms with Gasteiger partial charge in [0.15, 0.2) is 5.79 Å². The van der Waals surface area contributed by atoms with Crippen molar-refractivity contribution in [1.82, 2.24) is 0 Å². The molecular weight excluding hydrogens is 404 g/mol. The first-order valence-electron chi connectivity index (χ1n) is 11.3. The van der Waals surface area contributed by atoms with Crippen molar-refractivity contribution in [3.8, 4) is 0 Å². The highest BCUT2D eigenvalue weighted by molar-refractivity contribution is 5.82. The van der Waals surface area contributed by atoms with Crippen LogP contribution in [0.5, 0.6) is 0 Å². The molecule has 5 heteroatoms. The first-order chi connectivity index (χ1) is 15.1. The molecule has 176 valence electrons. The number of carbonyl (C=O) groups excluding carboxylic acids is 1. The van der Waals surface area contributed by atoms with Gasteiger partial charge in [-0.25, -0.2) is 4.79 Å². The predicted molar refractivity (Wildman–Crippen MR) is 127 cm³/mol. The second-order valence-corrected chi connectivity index (χ2v) is 9.01. The van der Waals surface area contributed by atoms with Crippen LogP contribution < -0.4 is 0 Å². The maximum atomic E-state index is 11.2. The zero-order valence-electron chi connectivity index (χ0n) is 20.1. The van der Waals surface area contributed by atoms with Crippen LogP contribution in [0.25, 0.3) is 0 Å². The fraction of sp³-hybridized carbons (Fsp3) is 0.519. The van der Waals surface area contributed by atoms with Gasteiger partial charge in [-0.2, -0.15) is 0 Å². The van der Waals surface area contributed by atoms with Crippen LogP contribution in [-0.4, -0.2) is 42.3 Å². The summed E-state index contributed by atoms with van der Waals surface area (Å²) < 4.78 is 16.8. The number of aliphatic hydroxyl groups is 1. The number of allylic oxidation sites excluding steroid dienone is 2. The summed E-state index contributed by atoms with van der Waals surface area (Å²) in [6.07, 6.45) is 11.1. The van der Waals surface area contributed by atoms with E-state index in [2.05, 4.69) is 24.7 Å². The molecule has 1 aliphatic rings. The molecule has 1 aromatic carbocycles. The average Bonchev–Trinajstić information content (AvgIpc) is 2.78. The molecule has 1 heterocycles. The molecule has 5 nitrogen and oxygen atoms in total. The van der Waals surface area contributed by atoms with E-state index in [1.807, 2.05) is 69.3 Å². The third kappa shape index (κ3) is 8.05. The van der Waals surface area contributed by atoms with Crippen molar-refractivity contribution in [2.24, 2.45) is 11.8 Å². The zero-order valence-corrected chi connectivity index (χ0v) is 20.1. The molecule has 1 aliphatic heterocycles. The van der Waals surface area contributed by atoms with Gasteiger partial charge in [0.1, 0.15) is 0 Å². The minimum atomic E-state index is -0.707. The number of carbonyl (C=O) groups is 1. The molecular formula is C27H38O5. The molecule has 0 amide bonds. The van der Waals surface area contributed by atoms with Crippen LogP contribution >= 0.6 is 0 Å². The molecule has 1 aromatic rings. The highest BCUT2D eigenvalue weighted by Crippen LogP contribution is 2.32. The fourth-order valence-electron chi connectivity index (χ4n) is 3.91. The molecule has 2 rings (SSSR count). The van der Waals surface area contributed by atoms with E-state index in [9.17, 15) is 9.90 Å². The lowest BCUT2D eigenvalue weighted by molar-refractivity contribution is -0.295. The lowest BCUT2D eigenvalue weighted by Gasteiger charge is -2.41. The SMILES string of the molecule is COC(=O)/C=C\C=C\[C@@H](C)[C@@H]1C[C@H](/C=C\[C@@H](C)[C@@H](O)[C@@H](C)c2ccccc2)OC(C)(C)O1. The zero-order chi connectivity index (χ0) is 23.7. The Labute approximate surface area is 192 Å². The summed E-state index contributed by atoms with van der Waals surface area (Å²) >= 11 is 0. The van der Waals surface area contributed by atoms with Crippen molar-refractivity contribution in [3.05, 3.63) is 72.4 Å².